The third-order valence-electron chi connectivity index (χ3n) is 3.51. The summed E-state index contributed by atoms with van der Waals surface area (Å²) in [7, 11) is 0.378. The minimum absolute atomic E-state index is 0.386. The average Bonchev–Trinajstić information content (AvgIpc) is 2.98. The first kappa shape index (κ1) is 14.9. The molecular formula is C12H21N3O2S2. The van der Waals surface area contributed by atoms with Crippen molar-refractivity contribution < 1.29 is 8.42 Å². The van der Waals surface area contributed by atoms with Crippen LogP contribution < -0.4 is 5.73 Å². The van der Waals surface area contributed by atoms with Gasteiger partial charge in [0.05, 0.1) is 0 Å². The predicted octanol–water partition coefficient (Wildman–Crippen LogP) is 0.779. The van der Waals surface area contributed by atoms with Crippen LogP contribution in [0, 0.1) is 5.92 Å². The molecule has 1 saturated heterocycles. The average molecular weight is 303 g/mol. The molecule has 0 aromatic carbocycles. The molecule has 1 fully saturated rings. The van der Waals surface area contributed by atoms with Gasteiger partial charge >= 0.3 is 0 Å². The maximum Gasteiger partial charge on any atom is 0.252 e. The molecule has 0 bridgehead atoms. The SMILES string of the molecule is CN1CCC(CN(C)S(=O)(=O)c2ccc(CN)s2)C1. The fourth-order valence-electron chi connectivity index (χ4n) is 2.40. The van der Waals surface area contributed by atoms with E-state index in [-0.39, 0.29) is 0 Å². The van der Waals surface area contributed by atoms with Crippen molar-refractivity contribution in [3.63, 3.8) is 0 Å². The summed E-state index contributed by atoms with van der Waals surface area (Å²) in [4.78, 5) is 3.13. The Hall–Kier alpha value is -0.470. The summed E-state index contributed by atoms with van der Waals surface area (Å²) in [6, 6.07) is 3.44. The summed E-state index contributed by atoms with van der Waals surface area (Å²) < 4.78 is 26.7. The Labute approximate surface area is 119 Å². The third kappa shape index (κ3) is 3.35. The van der Waals surface area contributed by atoms with Gasteiger partial charge in [0, 0.05) is 31.6 Å². The van der Waals surface area contributed by atoms with Crippen LogP contribution in [0.15, 0.2) is 16.3 Å². The van der Waals surface area contributed by atoms with Crippen LogP contribution in [0.3, 0.4) is 0 Å². The molecule has 0 spiro atoms. The lowest BCUT2D eigenvalue weighted by Gasteiger charge is -2.20. The molecule has 1 aliphatic heterocycles. The summed E-state index contributed by atoms with van der Waals surface area (Å²) in [6.07, 6.45) is 1.06. The summed E-state index contributed by atoms with van der Waals surface area (Å²) in [5.41, 5.74) is 5.53. The minimum atomic E-state index is -3.36. The highest BCUT2D eigenvalue weighted by Crippen LogP contribution is 2.25. The molecule has 0 radical (unpaired) electrons. The van der Waals surface area contributed by atoms with Gasteiger partial charge in [-0.2, -0.15) is 4.31 Å². The van der Waals surface area contributed by atoms with Crippen LogP contribution in [0.4, 0.5) is 0 Å². The molecule has 0 aliphatic carbocycles. The fraction of sp³-hybridized carbons (Fsp3) is 0.667. The summed E-state index contributed by atoms with van der Waals surface area (Å²) in [5, 5.41) is 0. The van der Waals surface area contributed by atoms with E-state index in [0.717, 1.165) is 24.4 Å². The molecule has 2 heterocycles. The van der Waals surface area contributed by atoms with E-state index in [9.17, 15) is 8.42 Å². The van der Waals surface area contributed by atoms with Crippen LogP contribution in [0.5, 0.6) is 0 Å². The van der Waals surface area contributed by atoms with Gasteiger partial charge in [0.2, 0.25) is 0 Å². The van der Waals surface area contributed by atoms with E-state index in [0.29, 0.717) is 23.2 Å². The highest BCUT2D eigenvalue weighted by Gasteiger charge is 2.28. The highest BCUT2D eigenvalue weighted by atomic mass is 32.2. The van der Waals surface area contributed by atoms with Gasteiger partial charge < -0.3 is 10.6 Å². The quantitative estimate of drug-likeness (QED) is 0.873. The number of sulfonamides is 1. The third-order valence-corrected chi connectivity index (χ3v) is 6.91. The number of likely N-dealkylation sites (tertiary alicyclic amines) is 1. The molecule has 2 rings (SSSR count). The zero-order chi connectivity index (χ0) is 14.0. The van der Waals surface area contributed by atoms with E-state index < -0.39 is 10.0 Å². The van der Waals surface area contributed by atoms with Crippen molar-refractivity contribution in [2.75, 3.05) is 33.7 Å². The molecule has 108 valence electrons. The first-order chi connectivity index (χ1) is 8.93. The molecule has 1 aliphatic rings. The number of hydrogen-bond donors (Lipinski definition) is 1. The smallest absolute Gasteiger partial charge is 0.252 e. The van der Waals surface area contributed by atoms with Gasteiger partial charge in [-0.25, -0.2) is 8.42 Å². The molecule has 5 nitrogen and oxygen atoms in total. The standard InChI is InChI=1S/C12H21N3O2S2/c1-14-6-5-10(8-14)9-15(2)19(16,17)12-4-3-11(7-13)18-12/h3-4,10H,5-9,13H2,1-2H3. The first-order valence-electron chi connectivity index (χ1n) is 6.37. The molecule has 0 amide bonds. The number of rotatable bonds is 5. The van der Waals surface area contributed by atoms with E-state index >= 15 is 0 Å². The van der Waals surface area contributed by atoms with E-state index in [4.69, 9.17) is 5.73 Å². The zero-order valence-electron chi connectivity index (χ0n) is 11.4. The van der Waals surface area contributed by atoms with Crippen LogP contribution in [-0.4, -0.2) is 51.4 Å². The van der Waals surface area contributed by atoms with Gasteiger partial charge in [-0.15, -0.1) is 11.3 Å². The number of nitrogens with zero attached hydrogens (tertiary/aromatic N) is 2. The van der Waals surface area contributed by atoms with Crippen LogP contribution >= 0.6 is 11.3 Å². The maximum atomic E-state index is 12.4. The lowest BCUT2D eigenvalue weighted by Crippen LogP contribution is -2.32. The zero-order valence-corrected chi connectivity index (χ0v) is 13.0. The van der Waals surface area contributed by atoms with E-state index in [1.807, 2.05) is 0 Å². The van der Waals surface area contributed by atoms with Crippen molar-refractivity contribution in [2.24, 2.45) is 11.7 Å². The second-order valence-electron chi connectivity index (χ2n) is 5.13. The minimum Gasteiger partial charge on any atom is -0.326 e. The topological polar surface area (TPSA) is 66.6 Å². The van der Waals surface area contributed by atoms with Crippen LogP contribution in [0.25, 0.3) is 0 Å². The normalized spacial score (nSPS) is 21.4. The summed E-state index contributed by atoms with van der Waals surface area (Å²) in [6.45, 7) is 2.99. The molecule has 19 heavy (non-hydrogen) atoms. The van der Waals surface area contributed by atoms with Gasteiger partial charge in [-0.1, -0.05) is 0 Å². The Bertz CT molecular complexity index is 527. The Morgan fingerprint density at radius 2 is 2.26 bits per heavy atom. The van der Waals surface area contributed by atoms with Crippen molar-refractivity contribution >= 4 is 21.4 Å². The van der Waals surface area contributed by atoms with Gasteiger partial charge in [0.1, 0.15) is 4.21 Å². The Morgan fingerprint density at radius 3 is 2.79 bits per heavy atom. The van der Waals surface area contributed by atoms with E-state index in [1.165, 1.54) is 15.6 Å². The number of hydrogen-bond acceptors (Lipinski definition) is 5. The molecule has 7 heteroatoms. The van der Waals surface area contributed by atoms with Crippen molar-refractivity contribution in [3.8, 4) is 0 Å². The molecule has 1 aromatic heterocycles. The van der Waals surface area contributed by atoms with Gasteiger partial charge in [-0.05, 0) is 38.1 Å². The molecule has 1 atom stereocenters. The molecule has 2 N–H and O–H groups in total. The first-order valence-corrected chi connectivity index (χ1v) is 8.63. The summed E-state index contributed by atoms with van der Waals surface area (Å²) >= 11 is 1.26. The Kier molecular flexibility index (Phi) is 4.62. The number of nitrogens with two attached hydrogens (primary N) is 1. The summed E-state index contributed by atoms with van der Waals surface area (Å²) in [5.74, 6) is 0.429. The van der Waals surface area contributed by atoms with Crippen molar-refractivity contribution in [2.45, 2.75) is 17.2 Å². The van der Waals surface area contributed by atoms with Crippen molar-refractivity contribution in [1.29, 1.82) is 0 Å². The lowest BCUT2D eigenvalue weighted by atomic mass is 10.1. The molecular weight excluding hydrogens is 282 g/mol. The largest absolute Gasteiger partial charge is 0.326 e. The lowest BCUT2D eigenvalue weighted by molar-refractivity contribution is 0.357. The van der Waals surface area contributed by atoms with Crippen LogP contribution in [0.1, 0.15) is 11.3 Å². The van der Waals surface area contributed by atoms with E-state index in [2.05, 4.69) is 11.9 Å². The van der Waals surface area contributed by atoms with Gasteiger partial charge in [-0.3, -0.25) is 0 Å². The molecule has 1 aromatic rings. The predicted molar refractivity (Wildman–Crippen MR) is 77.6 cm³/mol. The Morgan fingerprint density at radius 1 is 1.53 bits per heavy atom. The second kappa shape index (κ2) is 5.88. The monoisotopic (exact) mass is 303 g/mol. The van der Waals surface area contributed by atoms with Crippen LogP contribution in [0.2, 0.25) is 0 Å². The van der Waals surface area contributed by atoms with Crippen molar-refractivity contribution in [1.82, 2.24) is 9.21 Å². The van der Waals surface area contributed by atoms with Crippen LogP contribution in [-0.2, 0) is 16.6 Å². The second-order valence-corrected chi connectivity index (χ2v) is 8.57. The van der Waals surface area contributed by atoms with Gasteiger partial charge in [0.25, 0.3) is 10.0 Å². The maximum absolute atomic E-state index is 12.4. The molecule has 1 unspecified atom stereocenters. The Balaban J connectivity index is 2.06. The molecule has 0 saturated carbocycles. The van der Waals surface area contributed by atoms with Crippen molar-refractivity contribution in [3.05, 3.63) is 17.0 Å². The number of thiophene rings is 1. The highest BCUT2D eigenvalue weighted by molar-refractivity contribution is 7.91. The van der Waals surface area contributed by atoms with Gasteiger partial charge in [0.15, 0.2) is 0 Å². The van der Waals surface area contributed by atoms with E-state index in [1.54, 1.807) is 19.2 Å². The fourth-order valence-corrected chi connectivity index (χ4v) is 5.09.